The molecule has 0 N–H and O–H groups in total. The highest BCUT2D eigenvalue weighted by atomic mass is 32.1. The van der Waals surface area contributed by atoms with Crippen molar-refractivity contribution in [1.29, 1.82) is 0 Å². The van der Waals surface area contributed by atoms with Crippen molar-refractivity contribution >= 4 is 27.3 Å². The summed E-state index contributed by atoms with van der Waals surface area (Å²) in [7, 11) is 1.92. The predicted molar refractivity (Wildman–Crippen MR) is 92.7 cm³/mol. The smallest absolute Gasteiger partial charge is 0.254 e. The van der Waals surface area contributed by atoms with E-state index < -0.39 is 0 Å². The Hall–Kier alpha value is -2.14. The maximum Gasteiger partial charge on any atom is 0.254 e. The highest BCUT2D eigenvalue weighted by Gasteiger charge is 2.30. The van der Waals surface area contributed by atoms with Gasteiger partial charge in [-0.25, -0.2) is 0 Å². The highest BCUT2D eigenvalue weighted by molar-refractivity contribution is 7.17. The molecular formula is C18H19N3OS. The SMILES string of the molecule is Cn1ccc([C@H]2CCCCN2C(=O)c2ccc3sccc3c2)n1. The fourth-order valence-electron chi connectivity index (χ4n) is 3.36. The van der Waals surface area contributed by atoms with Gasteiger partial charge in [-0.05, 0) is 60.4 Å². The summed E-state index contributed by atoms with van der Waals surface area (Å²) in [5.41, 5.74) is 1.77. The maximum absolute atomic E-state index is 13.1. The first-order valence-corrected chi connectivity index (χ1v) is 8.88. The monoisotopic (exact) mass is 325 g/mol. The van der Waals surface area contributed by atoms with Gasteiger partial charge in [-0.2, -0.15) is 5.10 Å². The fraction of sp³-hybridized carbons (Fsp3) is 0.333. The topological polar surface area (TPSA) is 38.1 Å². The third kappa shape index (κ3) is 2.65. The lowest BCUT2D eigenvalue weighted by molar-refractivity contribution is 0.0605. The molecule has 1 amide bonds. The number of hydrogen-bond donors (Lipinski definition) is 0. The van der Waals surface area contributed by atoms with Crippen molar-refractivity contribution in [2.75, 3.05) is 6.54 Å². The van der Waals surface area contributed by atoms with E-state index >= 15 is 0 Å². The summed E-state index contributed by atoms with van der Waals surface area (Å²) in [6.07, 6.45) is 5.15. The zero-order valence-corrected chi connectivity index (χ0v) is 13.9. The van der Waals surface area contributed by atoms with Gasteiger partial charge in [0.25, 0.3) is 5.91 Å². The third-order valence-corrected chi connectivity index (χ3v) is 5.44. The number of aromatic nitrogens is 2. The fourth-order valence-corrected chi connectivity index (χ4v) is 4.13. The molecule has 1 aromatic carbocycles. The zero-order valence-electron chi connectivity index (χ0n) is 13.1. The number of carbonyl (C=O) groups is 1. The van der Waals surface area contributed by atoms with Crippen molar-refractivity contribution < 1.29 is 4.79 Å². The van der Waals surface area contributed by atoms with E-state index in [2.05, 4.69) is 16.5 Å². The largest absolute Gasteiger partial charge is 0.330 e. The first-order valence-electron chi connectivity index (χ1n) is 8.00. The molecule has 4 nitrogen and oxygen atoms in total. The van der Waals surface area contributed by atoms with Crippen LogP contribution in [-0.4, -0.2) is 27.1 Å². The Morgan fingerprint density at radius 3 is 3.00 bits per heavy atom. The Morgan fingerprint density at radius 1 is 1.26 bits per heavy atom. The summed E-state index contributed by atoms with van der Waals surface area (Å²) < 4.78 is 3.03. The Labute approximate surface area is 139 Å². The first kappa shape index (κ1) is 14.5. The van der Waals surface area contributed by atoms with Gasteiger partial charge in [-0.15, -0.1) is 11.3 Å². The normalized spacial score (nSPS) is 18.5. The average molecular weight is 325 g/mol. The summed E-state index contributed by atoms with van der Waals surface area (Å²) in [5.74, 6) is 0.119. The van der Waals surface area contributed by atoms with Gasteiger partial charge < -0.3 is 4.90 Å². The quantitative estimate of drug-likeness (QED) is 0.714. The van der Waals surface area contributed by atoms with Crippen molar-refractivity contribution in [2.24, 2.45) is 7.05 Å². The molecule has 2 aromatic heterocycles. The minimum absolute atomic E-state index is 0.0932. The van der Waals surface area contributed by atoms with Crippen LogP contribution in [-0.2, 0) is 7.05 Å². The minimum Gasteiger partial charge on any atom is -0.330 e. The number of hydrogen-bond acceptors (Lipinski definition) is 3. The van der Waals surface area contributed by atoms with Crippen molar-refractivity contribution in [2.45, 2.75) is 25.3 Å². The average Bonchev–Trinajstić information content (AvgIpc) is 3.22. The lowest BCUT2D eigenvalue weighted by atomic mass is 9.98. The summed E-state index contributed by atoms with van der Waals surface area (Å²) >= 11 is 1.71. The van der Waals surface area contributed by atoms with Crippen LogP contribution in [0.15, 0.2) is 41.9 Å². The van der Waals surface area contributed by atoms with E-state index in [-0.39, 0.29) is 11.9 Å². The van der Waals surface area contributed by atoms with Gasteiger partial charge in [0.2, 0.25) is 0 Å². The number of nitrogens with zero attached hydrogens (tertiary/aromatic N) is 3. The standard InChI is InChI=1S/C18H19N3OS/c1-20-10-7-15(19-20)16-4-2-3-9-21(16)18(22)14-5-6-17-13(12-14)8-11-23-17/h5-8,10-12,16H,2-4,9H2,1H3/t16-/m1/s1. The number of thiophene rings is 1. The molecule has 0 spiro atoms. The van der Waals surface area contributed by atoms with E-state index in [1.807, 2.05) is 47.1 Å². The summed E-state index contributed by atoms with van der Waals surface area (Å²) in [4.78, 5) is 15.0. The molecule has 1 aliphatic rings. The van der Waals surface area contributed by atoms with Crippen LogP contribution in [0.5, 0.6) is 0 Å². The maximum atomic E-state index is 13.1. The Morgan fingerprint density at radius 2 is 2.17 bits per heavy atom. The summed E-state index contributed by atoms with van der Waals surface area (Å²) in [5, 5.41) is 7.74. The molecule has 0 unspecified atom stereocenters. The number of carbonyl (C=O) groups excluding carboxylic acids is 1. The highest BCUT2D eigenvalue weighted by Crippen LogP contribution is 2.32. The van der Waals surface area contributed by atoms with Crippen LogP contribution in [0.2, 0.25) is 0 Å². The molecule has 0 aliphatic carbocycles. The molecular weight excluding hydrogens is 306 g/mol. The van der Waals surface area contributed by atoms with E-state index in [1.165, 1.54) is 4.70 Å². The molecule has 23 heavy (non-hydrogen) atoms. The second-order valence-corrected chi connectivity index (χ2v) is 7.05. The molecule has 4 rings (SSSR count). The minimum atomic E-state index is 0.0932. The van der Waals surface area contributed by atoms with Crippen LogP contribution < -0.4 is 0 Å². The van der Waals surface area contributed by atoms with E-state index in [1.54, 1.807) is 11.3 Å². The van der Waals surface area contributed by atoms with Crippen LogP contribution in [0.4, 0.5) is 0 Å². The van der Waals surface area contributed by atoms with E-state index in [9.17, 15) is 4.79 Å². The molecule has 1 atom stereocenters. The van der Waals surface area contributed by atoms with Gasteiger partial charge in [0.05, 0.1) is 11.7 Å². The van der Waals surface area contributed by atoms with Gasteiger partial charge in [-0.3, -0.25) is 9.48 Å². The molecule has 0 radical (unpaired) electrons. The lowest BCUT2D eigenvalue weighted by Crippen LogP contribution is -2.38. The third-order valence-electron chi connectivity index (χ3n) is 4.54. The summed E-state index contributed by atoms with van der Waals surface area (Å²) in [6, 6.07) is 10.2. The zero-order chi connectivity index (χ0) is 15.8. The van der Waals surface area contributed by atoms with Gasteiger partial charge in [0.15, 0.2) is 0 Å². The Balaban J connectivity index is 1.66. The van der Waals surface area contributed by atoms with Crippen LogP contribution >= 0.6 is 11.3 Å². The second-order valence-electron chi connectivity index (χ2n) is 6.10. The molecule has 1 aliphatic heterocycles. The van der Waals surface area contributed by atoms with Gasteiger partial charge in [0.1, 0.15) is 0 Å². The molecule has 118 valence electrons. The van der Waals surface area contributed by atoms with E-state index in [4.69, 9.17) is 0 Å². The van der Waals surface area contributed by atoms with E-state index in [0.29, 0.717) is 0 Å². The number of piperidine rings is 1. The molecule has 5 heteroatoms. The van der Waals surface area contributed by atoms with Gasteiger partial charge in [-0.1, -0.05) is 0 Å². The van der Waals surface area contributed by atoms with Crippen molar-refractivity contribution in [3.05, 3.63) is 53.2 Å². The lowest BCUT2D eigenvalue weighted by Gasteiger charge is -2.35. The van der Waals surface area contributed by atoms with E-state index in [0.717, 1.165) is 42.5 Å². The van der Waals surface area contributed by atoms with Crippen LogP contribution in [0.1, 0.15) is 41.4 Å². The van der Waals surface area contributed by atoms with Crippen molar-refractivity contribution in [3.8, 4) is 0 Å². The molecule has 1 saturated heterocycles. The van der Waals surface area contributed by atoms with Crippen molar-refractivity contribution in [3.63, 3.8) is 0 Å². The first-order chi connectivity index (χ1) is 11.2. The van der Waals surface area contributed by atoms with Crippen LogP contribution in [0.3, 0.4) is 0 Å². The van der Waals surface area contributed by atoms with Crippen molar-refractivity contribution in [1.82, 2.24) is 14.7 Å². The van der Waals surface area contributed by atoms with Gasteiger partial charge in [0, 0.05) is 30.1 Å². The molecule has 1 fully saturated rings. The number of fused-ring (bicyclic) bond motifs is 1. The number of aryl methyl sites for hydroxylation is 1. The summed E-state index contributed by atoms with van der Waals surface area (Å²) in [6.45, 7) is 0.807. The van der Waals surface area contributed by atoms with Crippen LogP contribution in [0.25, 0.3) is 10.1 Å². The number of amides is 1. The number of rotatable bonds is 2. The number of likely N-dealkylation sites (tertiary alicyclic amines) is 1. The van der Waals surface area contributed by atoms with Gasteiger partial charge >= 0.3 is 0 Å². The Bertz CT molecular complexity index is 851. The molecule has 0 bridgehead atoms. The molecule has 0 saturated carbocycles. The second kappa shape index (κ2) is 5.81. The van der Waals surface area contributed by atoms with Crippen LogP contribution in [0, 0.1) is 0 Å². The Kier molecular flexibility index (Phi) is 3.65. The predicted octanol–water partition coefficient (Wildman–Crippen LogP) is 4.00. The number of benzene rings is 1. The molecule has 3 heterocycles. The molecule has 3 aromatic rings.